The number of phenols is 1. The SMILES string of the molecule is COc1cc(O)ccc1[C@@H]1CCN1.Cl. The van der Waals surface area contributed by atoms with Crippen molar-refractivity contribution in [2.45, 2.75) is 12.5 Å². The fraction of sp³-hybridized carbons (Fsp3) is 0.400. The number of hydrogen-bond donors (Lipinski definition) is 2. The Labute approximate surface area is 89.5 Å². The van der Waals surface area contributed by atoms with Crippen LogP contribution in [0.3, 0.4) is 0 Å². The number of aromatic hydroxyl groups is 1. The van der Waals surface area contributed by atoms with Gasteiger partial charge in [0.1, 0.15) is 11.5 Å². The zero-order chi connectivity index (χ0) is 9.26. The van der Waals surface area contributed by atoms with Gasteiger partial charge in [0.2, 0.25) is 0 Å². The first kappa shape index (κ1) is 11.1. The Morgan fingerprint density at radius 2 is 2.21 bits per heavy atom. The van der Waals surface area contributed by atoms with Gasteiger partial charge in [-0.3, -0.25) is 0 Å². The van der Waals surface area contributed by atoms with E-state index in [2.05, 4.69) is 5.32 Å². The number of rotatable bonds is 2. The number of methoxy groups -OCH3 is 1. The summed E-state index contributed by atoms with van der Waals surface area (Å²) >= 11 is 0. The Bertz CT molecular complexity index is 313. The maximum Gasteiger partial charge on any atom is 0.127 e. The van der Waals surface area contributed by atoms with E-state index in [1.807, 2.05) is 6.07 Å². The highest BCUT2D eigenvalue weighted by Gasteiger charge is 2.21. The summed E-state index contributed by atoms with van der Waals surface area (Å²) in [6, 6.07) is 5.65. The maximum absolute atomic E-state index is 9.24. The van der Waals surface area contributed by atoms with Crippen molar-refractivity contribution in [3.05, 3.63) is 23.8 Å². The van der Waals surface area contributed by atoms with Gasteiger partial charge in [0.25, 0.3) is 0 Å². The van der Waals surface area contributed by atoms with Gasteiger partial charge < -0.3 is 15.2 Å². The van der Waals surface area contributed by atoms with Gasteiger partial charge >= 0.3 is 0 Å². The van der Waals surface area contributed by atoms with Gasteiger partial charge in [-0.2, -0.15) is 0 Å². The molecule has 3 nitrogen and oxygen atoms in total. The van der Waals surface area contributed by atoms with Crippen molar-refractivity contribution in [3.63, 3.8) is 0 Å². The lowest BCUT2D eigenvalue weighted by atomic mass is 9.97. The maximum atomic E-state index is 9.24. The lowest BCUT2D eigenvalue weighted by Crippen LogP contribution is -2.35. The first-order chi connectivity index (χ1) is 6.31. The van der Waals surface area contributed by atoms with Crippen LogP contribution in [0.2, 0.25) is 0 Å². The molecule has 1 aromatic rings. The Kier molecular flexibility index (Phi) is 3.61. The monoisotopic (exact) mass is 215 g/mol. The average molecular weight is 216 g/mol. The van der Waals surface area contributed by atoms with Crippen molar-refractivity contribution in [3.8, 4) is 11.5 Å². The normalized spacial score (nSPS) is 19.4. The summed E-state index contributed by atoms with van der Waals surface area (Å²) in [5, 5.41) is 12.5. The Balaban J connectivity index is 0.000000980. The van der Waals surface area contributed by atoms with Gasteiger partial charge in [-0.15, -0.1) is 12.4 Å². The van der Waals surface area contributed by atoms with Crippen LogP contribution >= 0.6 is 12.4 Å². The molecular formula is C10H14ClNO2. The summed E-state index contributed by atoms with van der Waals surface area (Å²) in [7, 11) is 1.62. The minimum Gasteiger partial charge on any atom is -0.508 e. The van der Waals surface area contributed by atoms with Crippen LogP contribution in [0.5, 0.6) is 11.5 Å². The van der Waals surface area contributed by atoms with E-state index in [1.165, 1.54) is 0 Å². The van der Waals surface area contributed by atoms with Crippen molar-refractivity contribution in [2.75, 3.05) is 13.7 Å². The Morgan fingerprint density at radius 1 is 1.50 bits per heavy atom. The largest absolute Gasteiger partial charge is 0.508 e. The van der Waals surface area contributed by atoms with Crippen molar-refractivity contribution < 1.29 is 9.84 Å². The highest BCUT2D eigenvalue weighted by Crippen LogP contribution is 2.33. The standard InChI is InChI=1S/C10H13NO2.ClH/c1-13-10-6-7(12)2-3-8(10)9-4-5-11-9;/h2-3,6,9,11-12H,4-5H2,1H3;1H/t9-;/m0./s1. The van der Waals surface area contributed by atoms with Crippen molar-refractivity contribution in [1.82, 2.24) is 5.32 Å². The zero-order valence-corrected chi connectivity index (χ0v) is 8.80. The van der Waals surface area contributed by atoms with Crippen LogP contribution in [0.4, 0.5) is 0 Å². The number of halogens is 1. The van der Waals surface area contributed by atoms with E-state index in [0.29, 0.717) is 6.04 Å². The summed E-state index contributed by atoms with van der Waals surface area (Å²) < 4.78 is 5.18. The van der Waals surface area contributed by atoms with Crippen molar-refractivity contribution in [2.24, 2.45) is 0 Å². The van der Waals surface area contributed by atoms with E-state index in [4.69, 9.17) is 4.74 Å². The first-order valence-electron chi connectivity index (χ1n) is 4.41. The molecule has 2 N–H and O–H groups in total. The van der Waals surface area contributed by atoms with Crippen LogP contribution in [-0.2, 0) is 0 Å². The molecule has 0 spiro atoms. The van der Waals surface area contributed by atoms with Crippen LogP contribution in [0.25, 0.3) is 0 Å². The molecular weight excluding hydrogens is 202 g/mol. The molecule has 1 atom stereocenters. The average Bonchev–Trinajstić information content (AvgIpc) is 2.05. The molecule has 14 heavy (non-hydrogen) atoms. The van der Waals surface area contributed by atoms with Gasteiger partial charge in [-0.05, 0) is 19.0 Å². The predicted molar refractivity (Wildman–Crippen MR) is 57.3 cm³/mol. The molecule has 78 valence electrons. The molecule has 1 fully saturated rings. The number of nitrogens with one attached hydrogen (secondary N) is 1. The minimum atomic E-state index is 0. The fourth-order valence-electron chi connectivity index (χ4n) is 1.54. The second-order valence-electron chi connectivity index (χ2n) is 3.22. The molecule has 0 amide bonds. The second kappa shape index (κ2) is 4.53. The molecule has 0 unspecified atom stereocenters. The van der Waals surface area contributed by atoms with E-state index in [0.717, 1.165) is 24.3 Å². The summed E-state index contributed by atoms with van der Waals surface area (Å²) in [6.07, 6.45) is 1.14. The molecule has 0 bridgehead atoms. The molecule has 4 heteroatoms. The summed E-state index contributed by atoms with van der Waals surface area (Å²) in [5.41, 5.74) is 1.13. The van der Waals surface area contributed by atoms with Gasteiger partial charge in [0.15, 0.2) is 0 Å². The van der Waals surface area contributed by atoms with Gasteiger partial charge in [0.05, 0.1) is 7.11 Å². The van der Waals surface area contributed by atoms with E-state index >= 15 is 0 Å². The third-order valence-corrected chi connectivity index (χ3v) is 2.42. The minimum absolute atomic E-state index is 0. The van der Waals surface area contributed by atoms with Crippen molar-refractivity contribution in [1.29, 1.82) is 0 Å². The fourth-order valence-corrected chi connectivity index (χ4v) is 1.54. The Morgan fingerprint density at radius 3 is 2.71 bits per heavy atom. The van der Waals surface area contributed by atoms with Crippen molar-refractivity contribution >= 4 is 12.4 Å². The summed E-state index contributed by atoms with van der Waals surface area (Å²) in [6.45, 7) is 1.06. The predicted octanol–water partition coefficient (Wildman–Crippen LogP) is 1.86. The third-order valence-electron chi connectivity index (χ3n) is 2.42. The van der Waals surface area contributed by atoms with Gasteiger partial charge in [-0.1, -0.05) is 6.07 Å². The molecule has 2 rings (SSSR count). The number of hydrogen-bond acceptors (Lipinski definition) is 3. The van der Waals surface area contributed by atoms with E-state index in [-0.39, 0.29) is 18.2 Å². The van der Waals surface area contributed by atoms with E-state index in [9.17, 15) is 5.11 Å². The lowest BCUT2D eigenvalue weighted by molar-refractivity contribution is 0.351. The summed E-state index contributed by atoms with van der Waals surface area (Å²) in [4.78, 5) is 0. The van der Waals surface area contributed by atoms with Crippen LogP contribution in [0.1, 0.15) is 18.0 Å². The van der Waals surface area contributed by atoms with Gasteiger partial charge in [-0.25, -0.2) is 0 Å². The molecule has 0 radical (unpaired) electrons. The lowest BCUT2D eigenvalue weighted by Gasteiger charge is -2.29. The highest BCUT2D eigenvalue weighted by molar-refractivity contribution is 5.85. The first-order valence-corrected chi connectivity index (χ1v) is 4.41. The van der Waals surface area contributed by atoms with Crippen LogP contribution in [-0.4, -0.2) is 18.8 Å². The molecule has 0 saturated carbocycles. The van der Waals surface area contributed by atoms with E-state index < -0.39 is 0 Å². The molecule has 1 saturated heterocycles. The molecule has 1 heterocycles. The highest BCUT2D eigenvalue weighted by atomic mass is 35.5. The second-order valence-corrected chi connectivity index (χ2v) is 3.22. The molecule has 0 aromatic heterocycles. The molecule has 1 aliphatic rings. The van der Waals surface area contributed by atoms with Crippen LogP contribution in [0, 0.1) is 0 Å². The summed E-state index contributed by atoms with van der Waals surface area (Å²) in [5.74, 6) is 1.01. The molecule has 1 aliphatic heterocycles. The van der Waals surface area contributed by atoms with Crippen LogP contribution < -0.4 is 10.1 Å². The smallest absolute Gasteiger partial charge is 0.127 e. The Hall–Kier alpha value is -0.930. The van der Waals surface area contributed by atoms with Gasteiger partial charge in [0, 0.05) is 17.7 Å². The number of ether oxygens (including phenoxy) is 1. The third kappa shape index (κ3) is 1.94. The molecule has 0 aliphatic carbocycles. The molecule has 1 aromatic carbocycles. The van der Waals surface area contributed by atoms with Crippen LogP contribution in [0.15, 0.2) is 18.2 Å². The van der Waals surface area contributed by atoms with E-state index in [1.54, 1.807) is 19.2 Å². The number of phenolic OH excluding ortho intramolecular Hbond substituents is 1. The topological polar surface area (TPSA) is 41.5 Å². The zero-order valence-electron chi connectivity index (χ0n) is 7.99. The quantitative estimate of drug-likeness (QED) is 0.792. The number of benzene rings is 1.